The molecule has 0 amide bonds. The number of nitrogens with zero attached hydrogens (tertiary/aromatic N) is 2. The van der Waals surface area contributed by atoms with E-state index in [1.807, 2.05) is 6.07 Å². The van der Waals surface area contributed by atoms with Crippen molar-refractivity contribution in [3.63, 3.8) is 0 Å². The molecule has 0 spiro atoms. The molecule has 2 aromatic heterocycles. The predicted molar refractivity (Wildman–Crippen MR) is 103 cm³/mol. The minimum absolute atomic E-state index is 0.0977. The highest BCUT2D eigenvalue weighted by Crippen LogP contribution is 2.34. The van der Waals surface area contributed by atoms with E-state index >= 15 is 0 Å². The van der Waals surface area contributed by atoms with Gasteiger partial charge in [-0.25, -0.2) is 4.98 Å². The van der Waals surface area contributed by atoms with Crippen molar-refractivity contribution >= 4 is 27.3 Å². The van der Waals surface area contributed by atoms with E-state index in [1.54, 1.807) is 0 Å². The molecule has 142 valence electrons. The lowest BCUT2D eigenvalue weighted by Crippen LogP contribution is -2.26. The first-order valence-electron chi connectivity index (χ1n) is 9.75. The molecule has 2 aliphatic carbocycles. The minimum atomic E-state index is -1.09. The first kappa shape index (κ1) is 18.3. The monoisotopic (exact) mass is 385 g/mol. The molecule has 2 aliphatic rings. The molecule has 2 aromatic rings. The van der Waals surface area contributed by atoms with Gasteiger partial charge in [-0.05, 0) is 44.1 Å². The number of aromatic nitrogens is 2. The summed E-state index contributed by atoms with van der Waals surface area (Å²) < 4.78 is 5.72. The maximum absolute atomic E-state index is 12.6. The molecular weight excluding hydrogens is 362 g/mol. The molecule has 27 heavy (non-hydrogen) atoms. The number of H-pyrrole nitrogens is 1. The van der Waals surface area contributed by atoms with Gasteiger partial charge < -0.3 is 9.72 Å². The lowest BCUT2D eigenvalue weighted by Gasteiger charge is -2.21. The summed E-state index contributed by atoms with van der Waals surface area (Å²) in [6.45, 7) is -0.106. The Bertz CT molecular complexity index is 950. The van der Waals surface area contributed by atoms with Gasteiger partial charge in [0, 0.05) is 4.88 Å². The van der Waals surface area contributed by atoms with Gasteiger partial charge in [0.1, 0.15) is 17.3 Å². The number of aromatic amines is 1. The number of hydrogen-bond donors (Lipinski definition) is 1. The smallest absolute Gasteiger partial charge is 0.259 e. The summed E-state index contributed by atoms with van der Waals surface area (Å²) >= 11 is 1.52. The molecule has 4 rings (SSSR count). The molecule has 0 aromatic carbocycles. The van der Waals surface area contributed by atoms with Crippen LogP contribution in [0.3, 0.4) is 0 Å². The van der Waals surface area contributed by atoms with Crippen LogP contribution in [0.4, 0.5) is 0 Å². The zero-order chi connectivity index (χ0) is 18.8. The van der Waals surface area contributed by atoms with Crippen molar-refractivity contribution in [2.24, 2.45) is 0 Å². The fourth-order valence-corrected chi connectivity index (χ4v) is 5.39. The van der Waals surface area contributed by atoms with Crippen molar-refractivity contribution in [1.29, 1.82) is 5.26 Å². The number of ketones is 1. The van der Waals surface area contributed by atoms with E-state index in [4.69, 9.17) is 4.74 Å². The summed E-state index contributed by atoms with van der Waals surface area (Å²) in [6, 6.07) is 2.00. The van der Waals surface area contributed by atoms with Crippen LogP contribution >= 0.6 is 11.3 Å². The number of hydrogen-bond acceptors (Lipinski definition) is 6. The summed E-state index contributed by atoms with van der Waals surface area (Å²) in [5.41, 5.74) is 0.859. The molecule has 0 bridgehead atoms. The number of thiophene rings is 1. The second-order valence-electron chi connectivity index (χ2n) is 7.44. The zero-order valence-electron chi connectivity index (χ0n) is 15.3. The van der Waals surface area contributed by atoms with Crippen molar-refractivity contribution in [2.75, 3.05) is 6.61 Å². The number of ether oxygens (including phenoxy) is 1. The van der Waals surface area contributed by atoms with Gasteiger partial charge in [-0.3, -0.25) is 9.59 Å². The number of rotatable bonds is 5. The minimum Gasteiger partial charge on any atom is -0.370 e. The van der Waals surface area contributed by atoms with Gasteiger partial charge in [0.05, 0.1) is 17.6 Å². The Balaban J connectivity index is 1.56. The lowest BCUT2D eigenvalue weighted by molar-refractivity contribution is -0.126. The van der Waals surface area contributed by atoms with Crippen LogP contribution in [0.5, 0.6) is 0 Å². The van der Waals surface area contributed by atoms with Gasteiger partial charge in [0.2, 0.25) is 0 Å². The average molecular weight is 385 g/mol. The van der Waals surface area contributed by atoms with Crippen LogP contribution in [0.15, 0.2) is 4.79 Å². The van der Waals surface area contributed by atoms with E-state index in [0.29, 0.717) is 10.2 Å². The quantitative estimate of drug-likeness (QED) is 0.851. The lowest BCUT2D eigenvalue weighted by atomic mass is 9.97. The molecule has 0 radical (unpaired) electrons. The number of aryl methyl sites for hydroxylation is 2. The fourth-order valence-electron chi connectivity index (χ4n) is 4.12. The Morgan fingerprint density at radius 3 is 2.81 bits per heavy atom. The standard InChI is InChI=1S/C20H23N3O3S/c21-10-14(15(24)11-26-12-6-2-1-3-7-12)18-22-19(25)17-13-8-4-5-9-16(13)27-20(17)23-18/h12,14H,1-9,11H2,(H,22,23,25). The van der Waals surface area contributed by atoms with Gasteiger partial charge >= 0.3 is 0 Å². The molecular formula is C20H23N3O3S. The van der Waals surface area contributed by atoms with E-state index in [1.165, 1.54) is 22.6 Å². The van der Waals surface area contributed by atoms with E-state index in [-0.39, 0.29) is 29.9 Å². The molecule has 1 atom stereocenters. The number of carbonyl (C=O) groups excluding carboxylic acids is 1. The third-order valence-electron chi connectivity index (χ3n) is 5.58. The number of carbonyl (C=O) groups is 1. The fraction of sp³-hybridized carbons (Fsp3) is 0.600. The Morgan fingerprint density at radius 1 is 1.26 bits per heavy atom. The highest BCUT2D eigenvalue weighted by molar-refractivity contribution is 7.18. The Hall–Kier alpha value is -2.04. The van der Waals surface area contributed by atoms with Crippen molar-refractivity contribution in [3.05, 3.63) is 26.6 Å². The average Bonchev–Trinajstić information content (AvgIpc) is 3.06. The van der Waals surface area contributed by atoms with E-state index in [0.717, 1.165) is 56.9 Å². The van der Waals surface area contributed by atoms with Crippen LogP contribution in [0, 0.1) is 11.3 Å². The van der Waals surface area contributed by atoms with Crippen LogP contribution in [0.25, 0.3) is 10.2 Å². The highest BCUT2D eigenvalue weighted by Gasteiger charge is 2.27. The van der Waals surface area contributed by atoms with Crippen LogP contribution < -0.4 is 5.56 Å². The van der Waals surface area contributed by atoms with Gasteiger partial charge in [0.15, 0.2) is 11.7 Å². The van der Waals surface area contributed by atoms with Gasteiger partial charge in [-0.15, -0.1) is 11.3 Å². The van der Waals surface area contributed by atoms with Crippen LogP contribution in [-0.2, 0) is 22.4 Å². The summed E-state index contributed by atoms with van der Waals surface area (Å²) in [6.07, 6.45) is 9.56. The Kier molecular flexibility index (Phi) is 5.37. The highest BCUT2D eigenvalue weighted by atomic mass is 32.1. The molecule has 1 N–H and O–H groups in total. The van der Waals surface area contributed by atoms with Gasteiger partial charge in [-0.1, -0.05) is 19.3 Å². The maximum atomic E-state index is 12.6. The molecule has 0 aliphatic heterocycles. The molecule has 1 unspecified atom stereocenters. The van der Waals surface area contributed by atoms with E-state index in [2.05, 4.69) is 9.97 Å². The van der Waals surface area contributed by atoms with E-state index in [9.17, 15) is 14.9 Å². The Morgan fingerprint density at radius 2 is 2.04 bits per heavy atom. The third kappa shape index (κ3) is 3.69. The predicted octanol–water partition coefficient (Wildman–Crippen LogP) is 3.39. The molecule has 6 nitrogen and oxygen atoms in total. The molecule has 1 saturated carbocycles. The van der Waals surface area contributed by atoms with Crippen molar-refractivity contribution < 1.29 is 9.53 Å². The normalized spacial score (nSPS) is 18.8. The second kappa shape index (κ2) is 7.91. The second-order valence-corrected chi connectivity index (χ2v) is 8.53. The summed E-state index contributed by atoms with van der Waals surface area (Å²) in [5, 5.41) is 10.2. The summed E-state index contributed by atoms with van der Waals surface area (Å²) in [4.78, 5) is 34.2. The number of nitriles is 1. The van der Waals surface area contributed by atoms with Crippen molar-refractivity contribution in [1.82, 2.24) is 9.97 Å². The summed E-state index contributed by atoms with van der Waals surface area (Å²) in [5.74, 6) is -1.29. The van der Waals surface area contributed by atoms with Crippen molar-refractivity contribution in [2.45, 2.75) is 69.8 Å². The van der Waals surface area contributed by atoms with Crippen LogP contribution in [0.2, 0.25) is 0 Å². The Labute approximate surface area is 161 Å². The largest absolute Gasteiger partial charge is 0.370 e. The molecule has 2 heterocycles. The first-order chi connectivity index (χ1) is 13.2. The van der Waals surface area contributed by atoms with Crippen LogP contribution in [-0.4, -0.2) is 28.5 Å². The molecule has 0 saturated heterocycles. The van der Waals surface area contributed by atoms with Crippen molar-refractivity contribution in [3.8, 4) is 6.07 Å². The summed E-state index contributed by atoms with van der Waals surface area (Å²) in [7, 11) is 0. The number of fused-ring (bicyclic) bond motifs is 3. The SMILES string of the molecule is N#CC(C(=O)COC1CCCCC1)c1nc2sc3c(c2c(=O)[nH]1)CCCC3. The number of Topliss-reactive ketones (excluding diaryl/α,β-unsaturated/α-hetero) is 1. The van der Waals surface area contributed by atoms with Crippen LogP contribution in [0.1, 0.15) is 67.1 Å². The number of nitrogens with one attached hydrogen (secondary N) is 1. The van der Waals surface area contributed by atoms with E-state index < -0.39 is 5.92 Å². The topological polar surface area (TPSA) is 95.8 Å². The molecule has 7 heteroatoms. The first-order valence-corrected chi connectivity index (χ1v) is 10.6. The van der Waals surface area contributed by atoms with Gasteiger partial charge in [0.25, 0.3) is 5.56 Å². The zero-order valence-corrected chi connectivity index (χ0v) is 16.1. The van der Waals surface area contributed by atoms with Gasteiger partial charge in [-0.2, -0.15) is 5.26 Å². The molecule has 1 fully saturated rings. The maximum Gasteiger partial charge on any atom is 0.259 e. The third-order valence-corrected chi connectivity index (χ3v) is 6.77.